The molecule has 2 aromatic carbocycles. The highest BCUT2D eigenvalue weighted by Gasteiger charge is 2.14. The molecule has 220 valence electrons. The largest absolute Gasteiger partial charge is 0.492 e. The molecule has 2 aromatic heterocycles. The van der Waals surface area contributed by atoms with Crippen LogP contribution in [0.2, 0.25) is 0 Å². The first-order valence-corrected chi connectivity index (χ1v) is 13.7. The van der Waals surface area contributed by atoms with Crippen LogP contribution in [0.4, 0.5) is 10.8 Å². The molecular formula is C27H30N8O6S. The second kappa shape index (κ2) is 14.8. The second-order valence-corrected chi connectivity index (χ2v) is 10.2. The number of carbonyl (C=O) groups is 1. The van der Waals surface area contributed by atoms with Crippen molar-refractivity contribution in [2.24, 2.45) is 5.10 Å². The zero-order chi connectivity index (χ0) is 29.9. The summed E-state index contributed by atoms with van der Waals surface area (Å²) in [5.41, 5.74) is 5.12. The Hall–Kier alpha value is -4.73. The molecule has 4 rings (SSSR count). The summed E-state index contributed by atoms with van der Waals surface area (Å²) >= 11 is 1.27. The molecule has 0 amide bonds. The first-order chi connectivity index (χ1) is 20.3. The molecular weight excluding hydrogens is 564 g/mol. The van der Waals surface area contributed by atoms with Gasteiger partial charge in [0.25, 0.3) is 5.69 Å². The number of benzene rings is 2. The summed E-state index contributed by atoms with van der Waals surface area (Å²) in [5, 5.41) is 34.9. The molecule has 0 spiro atoms. The molecule has 0 saturated carbocycles. The molecule has 0 aliphatic heterocycles. The van der Waals surface area contributed by atoms with E-state index in [4.69, 9.17) is 9.47 Å². The van der Waals surface area contributed by atoms with Crippen LogP contribution in [0, 0.1) is 10.1 Å². The average Bonchev–Trinajstić information content (AvgIpc) is 3.63. The zero-order valence-electron chi connectivity index (χ0n) is 23.0. The Balaban J connectivity index is 1.26. The van der Waals surface area contributed by atoms with Crippen molar-refractivity contribution in [2.45, 2.75) is 19.6 Å². The normalized spacial score (nSPS) is 11.5. The van der Waals surface area contributed by atoms with Crippen molar-refractivity contribution in [3.8, 4) is 17.0 Å². The van der Waals surface area contributed by atoms with Gasteiger partial charge in [0.1, 0.15) is 23.8 Å². The van der Waals surface area contributed by atoms with E-state index in [0.717, 1.165) is 17.8 Å². The van der Waals surface area contributed by atoms with E-state index in [9.17, 15) is 20.0 Å². The summed E-state index contributed by atoms with van der Waals surface area (Å²) in [6, 6.07) is 13.2. The monoisotopic (exact) mass is 594 g/mol. The number of likely N-dealkylation sites (N-methyl/N-ethyl adjacent to an activating group) is 1. The molecule has 14 nitrogen and oxygen atoms in total. The first kappa shape index (κ1) is 30.2. The molecule has 0 fully saturated rings. The van der Waals surface area contributed by atoms with Crippen LogP contribution in [-0.4, -0.2) is 80.4 Å². The van der Waals surface area contributed by atoms with Crippen LogP contribution in [0.1, 0.15) is 11.3 Å². The molecule has 2 N–H and O–H groups in total. The Morgan fingerprint density at radius 1 is 1.21 bits per heavy atom. The standard InChI is InChI=1S/C27H30N8O6S/c1-33(2)10-12-40-17-21-16-34(32-29-21)11-13-41-23-8-6-20(7-9-23)25-18-42-27(28-25)31-30-24(26(36)37)15-19-4-3-5-22(14-19)35(38)39/h3-9,14,16,18H,10-13,15,17H2,1-2H3,(H,28,31)(H,36,37)/b30-24+. The van der Waals surface area contributed by atoms with Crippen LogP contribution in [0.15, 0.2) is 65.2 Å². The Morgan fingerprint density at radius 3 is 2.76 bits per heavy atom. The fourth-order valence-corrected chi connectivity index (χ4v) is 4.29. The number of rotatable bonds is 16. The summed E-state index contributed by atoms with van der Waals surface area (Å²) in [6.45, 7) is 2.83. The molecule has 0 unspecified atom stereocenters. The molecule has 4 aromatic rings. The van der Waals surface area contributed by atoms with Gasteiger partial charge >= 0.3 is 5.97 Å². The molecule has 0 aliphatic rings. The lowest BCUT2D eigenvalue weighted by atomic mass is 10.1. The van der Waals surface area contributed by atoms with E-state index in [0.29, 0.717) is 48.5 Å². The van der Waals surface area contributed by atoms with Gasteiger partial charge in [-0.05, 0) is 43.9 Å². The van der Waals surface area contributed by atoms with Gasteiger partial charge in [-0.15, -0.1) is 16.4 Å². The van der Waals surface area contributed by atoms with E-state index in [1.54, 1.807) is 10.7 Å². The molecule has 0 atom stereocenters. The predicted octanol–water partition coefficient (Wildman–Crippen LogP) is 3.56. The third kappa shape index (κ3) is 9.15. The average molecular weight is 595 g/mol. The van der Waals surface area contributed by atoms with E-state index in [1.165, 1.54) is 29.5 Å². The van der Waals surface area contributed by atoms with Gasteiger partial charge in [0.05, 0.1) is 36.6 Å². The van der Waals surface area contributed by atoms with Crippen molar-refractivity contribution in [3.63, 3.8) is 0 Å². The fourth-order valence-electron chi connectivity index (χ4n) is 3.63. The third-order valence-electron chi connectivity index (χ3n) is 5.79. The van der Waals surface area contributed by atoms with Gasteiger partial charge in [0.15, 0.2) is 0 Å². The smallest absolute Gasteiger partial charge is 0.352 e. The number of ether oxygens (including phenoxy) is 2. The minimum atomic E-state index is -1.24. The summed E-state index contributed by atoms with van der Waals surface area (Å²) < 4.78 is 13.1. The zero-order valence-corrected chi connectivity index (χ0v) is 23.9. The van der Waals surface area contributed by atoms with Crippen LogP contribution in [0.25, 0.3) is 11.3 Å². The number of aliphatic carboxylic acids is 1. The Morgan fingerprint density at radius 2 is 2.02 bits per heavy atom. The van der Waals surface area contributed by atoms with Crippen LogP contribution < -0.4 is 10.2 Å². The number of aromatic nitrogens is 4. The number of nitro groups is 1. The van der Waals surface area contributed by atoms with Crippen LogP contribution in [0.5, 0.6) is 5.75 Å². The van der Waals surface area contributed by atoms with Gasteiger partial charge < -0.3 is 19.5 Å². The van der Waals surface area contributed by atoms with Crippen LogP contribution >= 0.6 is 11.3 Å². The number of nitrogens with zero attached hydrogens (tertiary/aromatic N) is 7. The minimum Gasteiger partial charge on any atom is -0.492 e. The van der Waals surface area contributed by atoms with Crippen LogP contribution in [-0.2, 0) is 29.1 Å². The number of hydrogen-bond donors (Lipinski definition) is 2. The maximum atomic E-state index is 11.7. The van der Waals surface area contributed by atoms with E-state index in [2.05, 4.69) is 30.7 Å². The topological polar surface area (TPSA) is 170 Å². The Labute approximate surface area is 245 Å². The minimum absolute atomic E-state index is 0.0900. The van der Waals surface area contributed by atoms with E-state index < -0.39 is 10.9 Å². The van der Waals surface area contributed by atoms with Gasteiger partial charge in [-0.2, -0.15) is 5.10 Å². The van der Waals surface area contributed by atoms with Crippen molar-refractivity contribution >= 4 is 33.8 Å². The van der Waals surface area contributed by atoms with E-state index in [1.807, 2.05) is 49.9 Å². The lowest BCUT2D eigenvalue weighted by Crippen LogP contribution is -2.17. The molecule has 0 radical (unpaired) electrons. The SMILES string of the molecule is CN(C)CCOCc1cn(CCOc2ccc(-c3csc(N/N=C(\Cc4cccc([N+](=O)[O-])c4)C(=O)O)n3)cc2)nn1. The first-order valence-electron chi connectivity index (χ1n) is 12.9. The van der Waals surface area contributed by atoms with Crippen molar-refractivity contribution in [1.82, 2.24) is 24.9 Å². The van der Waals surface area contributed by atoms with Crippen molar-refractivity contribution in [1.29, 1.82) is 0 Å². The highest BCUT2D eigenvalue weighted by molar-refractivity contribution is 7.14. The molecule has 0 aliphatic carbocycles. The lowest BCUT2D eigenvalue weighted by molar-refractivity contribution is -0.384. The van der Waals surface area contributed by atoms with Gasteiger partial charge in [-0.3, -0.25) is 15.5 Å². The number of thiazole rings is 1. The third-order valence-corrected chi connectivity index (χ3v) is 6.54. The molecule has 2 heterocycles. The Bertz CT molecular complexity index is 1520. The highest BCUT2D eigenvalue weighted by atomic mass is 32.1. The molecule has 0 bridgehead atoms. The van der Waals surface area contributed by atoms with Gasteiger partial charge in [0.2, 0.25) is 5.13 Å². The predicted molar refractivity (Wildman–Crippen MR) is 157 cm³/mol. The second-order valence-electron chi connectivity index (χ2n) is 9.32. The highest BCUT2D eigenvalue weighted by Crippen LogP contribution is 2.26. The summed E-state index contributed by atoms with van der Waals surface area (Å²) in [5.74, 6) is -0.549. The number of hydrogen-bond acceptors (Lipinski definition) is 12. The number of non-ortho nitro benzene ring substituents is 1. The number of carboxylic acid groups (broad SMARTS) is 1. The van der Waals surface area contributed by atoms with Crippen molar-refractivity contribution in [3.05, 3.63) is 81.5 Å². The quantitative estimate of drug-likeness (QED) is 0.0841. The van der Waals surface area contributed by atoms with Crippen LogP contribution in [0.3, 0.4) is 0 Å². The summed E-state index contributed by atoms with van der Waals surface area (Å²) in [6.07, 6.45) is 1.75. The van der Waals surface area contributed by atoms with Gasteiger partial charge in [-0.1, -0.05) is 17.3 Å². The number of nitrogens with one attached hydrogen (secondary N) is 1. The maximum absolute atomic E-state index is 11.7. The van der Waals surface area contributed by atoms with Crippen molar-refractivity contribution < 1.29 is 24.3 Å². The number of anilines is 1. The van der Waals surface area contributed by atoms with E-state index >= 15 is 0 Å². The maximum Gasteiger partial charge on any atom is 0.352 e. The molecule has 15 heteroatoms. The van der Waals surface area contributed by atoms with E-state index in [-0.39, 0.29) is 17.8 Å². The number of nitro benzene ring substituents is 1. The fraction of sp³-hybridized carbons (Fsp3) is 0.296. The van der Waals surface area contributed by atoms with Crippen molar-refractivity contribution in [2.75, 3.05) is 39.3 Å². The van der Waals surface area contributed by atoms with Gasteiger partial charge in [0, 0.05) is 36.0 Å². The molecule has 42 heavy (non-hydrogen) atoms. The Kier molecular flexibility index (Phi) is 10.6. The molecule has 0 saturated heterocycles. The van der Waals surface area contributed by atoms with Gasteiger partial charge in [-0.25, -0.2) is 14.5 Å². The summed E-state index contributed by atoms with van der Waals surface area (Å²) in [4.78, 5) is 28.7. The summed E-state index contributed by atoms with van der Waals surface area (Å²) in [7, 11) is 3.98. The number of carboxylic acids is 1. The lowest BCUT2D eigenvalue weighted by Gasteiger charge is -2.08. The number of hydrazone groups is 1.